The summed E-state index contributed by atoms with van der Waals surface area (Å²) in [5.41, 5.74) is 6.53. The highest BCUT2D eigenvalue weighted by Gasteiger charge is 2.14. The van der Waals surface area contributed by atoms with Gasteiger partial charge in [0.25, 0.3) is 5.91 Å². The quantitative estimate of drug-likeness (QED) is 0.622. The van der Waals surface area contributed by atoms with Crippen molar-refractivity contribution in [2.45, 2.75) is 6.54 Å². The number of rotatable bonds is 7. The first-order chi connectivity index (χ1) is 10.6. The molecule has 8 nitrogen and oxygen atoms in total. The van der Waals surface area contributed by atoms with Crippen LogP contribution in [0.1, 0.15) is 16.1 Å². The van der Waals surface area contributed by atoms with Crippen LogP contribution in [0, 0.1) is 0 Å². The number of hydrogen-bond acceptors (Lipinski definition) is 7. The van der Waals surface area contributed by atoms with Crippen molar-refractivity contribution in [1.82, 2.24) is 20.9 Å². The molecule has 1 amide bonds. The third kappa shape index (κ3) is 4.18. The Bertz CT molecular complexity index is 646. The maximum absolute atomic E-state index is 11.7. The number of anilines is 1. The highest BCUT2D eigenvalue weighted by Crippen LogP contribution is 2.25. The third-order valence-electron chi connectivity index (χ3n) is 2.86. The van der Waals surface area contributed by atoms with Crippen LogP contribution in [0.25, 0.3) is 0 Å². The van der Waals surface area contributed by atoms with Crippen LogP contribution in [0.5, 0.6) is 5.75 Å². The molecule has 0 atom stereocenters. The molecule has 118 valence electrons. The molecule has 9 heteroatoms. The molecule has 0 saturated carbocycles. The number of nitrogens with two attached hydrogens (primary N) is 1. The van der Waals surface area contributed by atoms with Crippen LogP contribution in [-0.4, -0.2) is 36.4 Å². The van der Waals surface area contributed by atoms with Crippen LogP contribution >= 0.6 is 15.9 Å². The van der Waals surface area contributed by atoms with Gasteiger partial charge in [-0.2, -0.15) is 0 Å². The molecule has 0 spiro atoms. The smallest absolute Gasteiger partial charge is 0.277 e. The van der Waals surface area contributed by atoms with Gasteiger partial charge in [-0.1, -0.05) is 6.07 Å². The minimum Gasteiger partial charge on any atom is -0.496 e. The van der Waals surface area contributed by atoms with Crippen LogP contribution in [0.2, 0.25) is 0 Å². The molecule has 0 fully saturated rings. The Morgan fingerprint density at radius 2 is 2.23 bits per heavy atom. The molecule has 1 heterocycles. The van der Waals surface area contributed by atoms with E-state index in [-0.39, 0.29) is 11.5 Å². The van der Waals surface area contributed by atoms with E-state index in [0.29, 0.717) is 19.6 Å². The Morgan fingerprint density at radius 3 is 2.86 bits per heavy atom. The van der Waals surface area contributed by atoms with E-state index in [1.54, 1.807) is 7.11 Å². The molecule has 2 aromatic rings. The zero-order valence-electron chi connectivity index (χ0n) is 11.9. The van der Waals surface area contributed by atoms with Crippen molar-refractivity contribution in [3.05, 3.63) is 33.9 Å². The van der Waals surface area contributed by atoms with Gasteiger partial charge in [0, 0.05) is 19.6 Å². The minimum atomic E-state index is -0.409. The zero-order chi connectivity index (χ0) is 15.9. The number of nitrogens with one attached hydrogen (secondary N) is 2. The van der Waals surface area contributed by atoms with Gasteiger partial charge in [-0.25, -0.2) is 4.63 Å². The Labute approximate surface area is 135 Å². The fraction of sp³-hybridized carbons (Fsp3) is 0.308. The molecule has 1 aromatic heterocycles. The van der Waals surface area contributed by atoms with E-state index in [2.05, 4.69) is 41.5 Å². The number of hydrogen-bond donors (Lipinski definition) is 3. The van der Waals surface area contributed by atoms with Gasteiger partial charge in [0.15, 0.2) is 0 Å². The Hall–Kier alpha value is -2.13. The average molecular weight is 370 g/mol. The van der Waals surface area contributed by atoms with Crippen molar-refractivity contribution in [3.63, 3.8) is 0 Å². The summed E-state index contributed by atoms with van der Waals surface area (Å²) in [4.78, 5) is 11.7. The Morgan fingerprint density at radius 1 is 1.41 bits per heavy atom. The first-order valence-corrected chi connectivity index (χ1v) is 7.30. The van der Waals surface area contributed by atoms with Crippen LogP contribution < -0.4 is 21.1 Å². The Balaban J connectivity index is 1.70. The second-order valence-corrected chi connectivity index (χ2v) is 5.25. The molecule has 22 heavy (non-hydrogen) atoms. The van der Waals surface area contributed by atoms with Gasteiger partial charge in [0.05, 0.1) is 11.6 Å². The van der Waals surface area contributed by atoms with Gasteiger partial charge in [-0.05, 0) is 43.9 Å². The van der Waals surface area contributed by atoms with Crippen LogP contribution in [0.15, 0.2) is 27.3 Å². The number of halogens is 1. The SMILES string of the molecule is COc1ccc(CNCCNC(=O)c2nonc2N)cc1Br. The van der Waals surface area contributed by atoms with Crippen molar-refractivity contribution >= 4 is 27.7 Å². The fourth-order valence-electron chi connectivity index (χ4n) is 1.75. The maximum atomic E-state index is 11.7. The average Bonchev–Trinajstić information content (AvgIpc) is 2.93. The summed E-state index contributed by atoms with van der Waals surface area (Å²) in [7, 11) is 1.62. The van der Waals surface area contributed by atoms with Gasteiger partial charge in [0.1, 0.15) is 5.75 Å². The van der Waals surface area contributed by atoms with Crippen molar-refractivity contribution in [2.24, 2.45) is 0 Å². The molecule has 1 aromatic carbocycles. The lowest BCUT2D eigenvalue weighted by atomic mass is 10.2. The van der Waals surface area contributed by atoms with E-state index in [1.165, 1.54) is 0 Å². The number of benzene rings is 1. The lowest BCUT2D eigenvalue weighted by molar-refractivity contribution is 0.0944. The Kier molecular flexibility index (Phi) is 5.73. The summed E-state index contributed by atoms with van der Waals surface area (Å²) < 4.78 is 10.4. The predicted molar refractivity (Wildman–Crippen MR) is 83.4 cm³/mol. The molecular weight excluding hydrogens is 354 g/mol. The minimum absolute atomic E-state index is 0.000847. The maximum Gasteiger partial charge on any atom is 0.277 e. The van der Waals surface area contributed by atoms with E-state index in [1.807, 2.05) is 18.2 Å². The van der Waals surface area contributed by atoms with Crippen LogP contribution in [0.3, 0.4) is 0 Å². The molecule has 2 rings (SSSR count). The summed E-state index contributed by atoms with van der Waals surface area (Å²) in [6, 6.07) is 5.84. The largest absolute Gasteiger partial charge is 0.496 e. The normalized spacial score (nSPS) is 10.5. The lowest BCUT2D eigenvalue weighted by Gasteiger charge is -2.08. The summed E-state index contributed by atoms with van der Waals surface area (Å²) in [6.07, 6.45) is 0. The highest BCUT2D eigenvalue weighted by atomic mass is 79.9. The third-order valence-corrected chi connectivity index (χ3v) is 3.48. The number of ether oxygens (including phenoxy) is 1. The van der Waals surface area contributed by atoms with E-state index in [9.17, 15) is 4.79 Å². The number of methoxy groups -OCH3 is 1. The summed E-state index contributed by atoms with van der Waals surface area (Å²) in [5, 5.41) is 12.7. The topological polar surface area (TPSA) is 115 Å². The molecule has 0 aliphatic rings. The number of nitrogens with zero attached hydrogens (tertiary/aromatic N) is 2. The van der Waals surface area contributed by atoms with Gasteiger partial charge in [0.2, 0.25) is 11.5 Å². The molecule has 0 aliphatic heterocycles. The number of nitrogen functional groups attached to an aromatic ring is 1. The standard InChI is InChI=1S/C13H16BrN5O3/c1-21-10-3-2-8(6-9(10)14)7-16-4-5-17-13(20)11-12(15)19-22-18-11/h2-3,6,16H,4-5,7H2,1H3,(H2,15,19)(H,17,20). The van der Waals surface area contributed by atoms with Crippen LogP contribution in [-0.2, 0) is 6.54 Å². The first kappa shape index (κ1) is 16.2. The van der Waals surface area contributed by atoms with Gasteiger partial charge in [-0.15, -0.1) is 0 Å². The number of amides is 1. The molecule has 0 unspecified atom stereocenters. The van der Waals surface area contributed by atoms with Crippen molar-refractivity contribution in [3.8, 4) is 5.75 Å². The van der Waals surface area contributed by atoms with E-state index in [4.69, 9.17) is 10.5 Å². The molecule has 0 saturated heterocycles. The monoisotopic (exact) mass is 369 g/mol. The van der Waals surface area contributed by atoms with E-state index in [0.717, 1.165) is 15.8 Å². The summed E-state index contributed by atoms with van der Waals surface area (Å²) in [6.45, 7) is 1.70. The second-order valence-electron chi connectivity index (χ2n) is 4.40. The number of aromatic nitrogens is 2. The highest BCUT2D eigenvalue weighted by molar-refractivity contribution is 9.10. The summed E-state index contributed by atoms with van der Waals surface area (Å²) >= 11 is 3.43. The van der Waals surface area contributed by atoms with Crippen molar-refractivity contribution < 1.29 is 14.2 Å². The molecular formula is C13H16BrN5O3. The second kappa shape index (κ2) is 7.76. The van der Waals surface area contributed by atoms with E-state index >= 15 is 0 Å². The molecule has 4 N–H and O–H groups in total. The molecule has 0 aliphatic carbocycles. The predicted octanol–water partition coefficient (Wildman–Crippen LogP) is 0.943. The van der Waals surface area contributed by atoms with Crippen molar-refractivity contribution in [2.75, 3.05) is 25.9 Å². The summed E-state index contributed by atoms with van der Waals surface area (Å²) in [5.74, 6) is 0.358. The van der Waals surface area contributed by atoms with Gasteiger partial charge >= 0.3 is 0 Å². The van der Waals surface area contributed by atoms with Crippen LogP contribution in [0.4, 0.5) is 5.82 Å². The van der Waals surface area contributed by atoms with Gasteiger partial charge < -0.3 is 21.1 Å². The van der Waals surface area contributed by atoms with E-state index < -0.39 is 5.91 Å². The number of carbonyl (C=O) groups is 1. The molecule has 0 radical (unpaired) electrons. The van der Waals surface area contributed by atoms with Gasteiger partial charge in [-0.3, -0.25) is 4.79 Å². The zero-order valence-corrected chi connectivity index (χ0v) is 13.5. The number of carbonyl (C=O) groups excluding carboxylic acids is 1. The lowest BCUT2D eigenvalue weighted by Crippen LogP contribution is -2.32. The van der Waals surface area contributed by atoms with Crippen molar-refractivity contribution in [1.29, 1.82) is 0 Å². The first-order valence-electron chi connectivity index (χ1n) is 6.51. The molecule has 0 bridgehead atoms. The fourth-order valence-corrected chi connectivity index (χ4v) is 2.34.